The van der Waals surface area contributed by atoms with Crippen molar-refractivity contribution in [3.8, 4) is 0 Å². The van der Waals surface area contributed by atoms with Gasteiger partial charge in [-0.3, -0.25) is 0 Å². The Morgan fingerprint density at radius 3 is 2.56 bits per heavy atom. The molecule has 0 heterocycles. The molecule has 0 aliphatic heterocycles. The second-order valence-corrected chi connectivity index (χ2v) is 5.07. The van der Waals surface area contributed by atoms with E-state index in [1.54, 1.807) is 0 Å². The van der Waals surface area contributed by atoms with E-state index in [0.717, 1.165) is 32.0 Å². The number of hydrogen-bond donors (Lipinski definition) is 1. The molecule has 1 fully saturated rings. The molecule has 1 aliphatic rings. The van der Waals surface area contributed by atoms with E-state index < -0.39 is 0 Å². The van der Waals surface area contributed by atoms with Gasteiger partial charge >= 0.3 is 0 Å². The number of ether oxygens (including phenoxy) is 1. The summed E-state index contributed by atoms with van der Waals surface area (Å²) in [5.74, 6) is 0.842. The standard InChI is InChI=1S/C14H29NO/c1-3-10-15-11-14(4-2)16-12-13-8-6-5-7-9-13/h13-15H,3-12H2,1-2H3. The molecule has 16 heavy (non-hydrogen) atoms. The van der Waals surface area contributed by atoms with Gasteiger partial charge in [0, 0.05) is 13.2 Å². The van der Waals surface area contributed by atoms with Crippen LogP contribution in [-0.4, -0.2) is 25.8 Å². The highest BCUT2D eigenvalue weighted by Crippen LogP contribution is 2.24. The fourth-order valence-electron chi connectivity index (χ4n) is 2.39. The molecule has 0 radical (unpaired) electrons. The first-order valence-electron chi connectivity index (χ1n) is 7.19. The summed E-state index contributed by atoms with van der Waals surface area (Å²) in [6.45, 7) is 7.56. The van der Waals surface area contributed by atoms with Crippen LogP contribution < -0.4 is 5.32 Å². The SMILES string of the molecule is CCCNCC(CC)OCC1CCCCC1. The van der Waals surface area contributed by atoms with Crippen LogP contribution in [-0.2, 0) is 4.74 Å². The predicted molar refractivity (Wildman–Crippen MR) is 69.8 cm³/mol. The third-order valence-electron chi connectivity index (χ3n) is 3.55. The summed E-state index contributed by atoms with van der Waals surface area (Å²) in [5, 5.41) is 3.45. The van der Waals surface area contributed by atoms with Crippen LogP contribution >= 0.6 is 0 Å². The van der Waals surface area contributed by atoms with Gasteiger partial charge in [0.05, 0.1) is 6.10 Å². The molecule has 0 saturated heterocycles. The van der Waals surface area contributed by atoms with Crippen molar-refractivity contribution < 1.29 is 4.74 Å². The van der Waals surface area contributed by atoms with Gasteiger partial charge in [-0.25, -0.2) is 0 Å². The summed E-state index contributed by atoms with van der Waals surface area (Å²) in [7, 11) is 0. The lowest BCUT2D eigenvalue weighted by atomic mass is 9.90. The molecular weight excluding hydrogens is 198 g/mol. The van der Waals surface area contributed by atoms with E-state index in [9.17, 15) is 0 Å². The number of hydrogen-bond acceptors (Lipinski definition) is 2. The molecule has 0 aromatic heterocycles. The zero-order valence-corrected chi connectivity index (χ0v) is 11.1. The fourth-order valence-corrected chi connectivity index (χ4v) is 2.39. The zero-order valence-electron chi connectivity index (χ0n) is 11.1. The van der Waals surface area contributed by atoms with E-state index in [1.165, 1.54) is 38.5 Å². The molecule has 1 N–H and O–H groups in total. The first-order valence-corrected chi connectivity index (χ1v) is 7.19. The van der Waals surface area contributed by atoms with Gasteiger partial charge in [0.25, 0.3) is 0 Å². The predicted octanol–water partition coefficient (Wildman–Crippen LogP) is 3.36. The zero-order chi connectivity index (χ0) is 11.6. The highest BCUT2D eigenvalue weighted by molar-refractivity contribution is 4.67. The number of rotatable bonds is 8. The Balaban J connectivity index is 2.07. The van der Waals surface area contributed by atoms with E-state index in [1.807, 2.05) is 0 Å². The Morgan fingerprint density at radius 1 is 1.19 bits per heavy atom. The highest BCUT2D eigenvalue weighted by atomic mass is 16.5. The summed E-state index contributed by atoms with van der Waals surface area (Å²) in [4.78, 5) is 0. The van der Waals surface area contributed by atoms with Crippen molar-refractivity contribution >= 4 is 0 Å². The summed E-state index contributed by atoms with van der Waals surface area (Å²) in [5.41, 5.74) is 0. The quantitative estimate of drug-likeness (QED) is 0.642. The monoisotopic (exact) mass is 227 g/mol. The third kappa shape index (κ3) is 5.86. The summed E-state index contributed by atoms with van der Waals surface area (Å²) in [6, 6.07) is 0. The molecule has 2 nitrogen and oxygen atoms in total. The Morgan fingerprint density at radius 2 is 1.94 bits per heavy atom. The first kappa shape index (κ1) is 14.0. The molecule has 1 unspecified atom stereocenters. The van der Waals surface area contributed by atoms with E-state index in [2.05, 4.69) is 19.2 Å². The highest BCUT2D eigenvalue weighted by Gasteiger charge is 2.15. The van der Waals surface area contributed by atoms with Crippen LogP contribution in [0.1, 0.15) is 58.8 Å². The van der Waals surface area contributed by atoms with Crippen molar-refractivity contribution in [3.05, 3.63) is 0 Å². The molecule has 2 heteroatoms. The second kappa shape index (κ2) is 9.00. The molecule has 0 spiro atoms. The van der Waals surface area contributed by atoms with Gasteiger partial charge in [0.15, 0.2) is 0 Å². The molecule has 0 bridgehead atoms. The van der Waals surface area contributed by atoms with Crippen LogP contribution in [0.4, 0.5) is 0 Å². The van der Waals surface area contributed by atoms with E-state index in [-0.39, 0.29) is 0 Å². The fraction of sp³-hybridized carbons (Fsp3) is 1.00. The van der Waals surface area contributed by atoms with Gasteiger partial charge < -0.3 is 10.1 Å². The average molecular weight is 227 g/mol. The minimum absolute atomic E-state index is 0.425. The van der Waals surface area contributed by atoms with Crippen LogP contribution in [0.25, 0.3) is 0 Å². The maximum absolute atomic E-state index is 6.01. The lowest BCUT2D eigenvalue weighted by molar-refractivity contribution is 0.0193. The van der Waals surface area contributed by atoms with E-state index >= 15 is 0 Å². The molecule has 0 amide bonds. The van der Waals surface area contributed by atoms with Gasteiger partial charge in [0.1, 0.15) is 0 Å². The van der Waals surface area contributed by atoms with Crippen LogP contribution in [0.5, 0.6) is 0 Å². The normalized spacial score (nSPS) is 19.9. The van der Waals surface area contributed by atoms with Crippen molar-refractivity contribution in [3.63, 3.8) is 0 Å². The van der Waals surface area contributed by atoms with E-state index in [0.29, 0.717) is 6.10 Å². The van der Waals surface area contributed by atoms with Crippen LogP contribution in [0.15, 0.2) is 0 Å². The van der Waals surface area contributed by atoms with Crippen molar-refractivity contribution in [1.82, 2.24) is 5.32 Å². The molecule has 96 valence electrons. The van der Waals surface area contributed by atoms with Crippen LogP contribution in [0.3, 0.4) is 0 Å². The topological polar surface area (TPSA) is 21.3 Å². The molecule has 1 atom stereocenters. The third-order valence-corrected chi connectivity index (χ3v) is 3.55. The van der Waals surface area contributed by atoms with Gasteiger partial charge in [-0.05, 0) is 38.1 Å². The molecular formula is C14H29NO. The maximum Gasteiger partial charge on any atom is 0.0696 e. The summed E-state index contributed by atoms with van der Waals surface area (Å²) in [6.07, 6.45) is 9.80. The minimum atomic E-state index is 0.425. The van der Waals surface area contributed by atoms with Gasteiger partial charge in [-0.1, -0.05) is 33.1 Å². The maximum atomic E-state index is 6.01. The molecule has 0 aromatic carbocycles. The van der Waals surface area contributed by atoms with Crippen molar-refractivity contribution in [1.29, 1.82) is 0 Å². The Kier molecular flexibility index (Phi) is 7.87. The van der Waals surface area contributed by atoms with Crippen molar-refractivity contribution in [2.45, 2.75) is 64.9 Å². The van der Waals surface area contributed by atoms with Crippen molar-refractivity contribution in [2.24, 2.45) is 5.92 Å². The lowest BCUT2D eigenvalue weighted by Gasteiger charge is -2.24. The summed E-state index contributed by atoms with van der Waals surface area (Å²) >= 11 is 0. The molecule has 1 rings (SSSR count). The first-order chi connectivity index (χ1) is 7.86. The van der Waals surface area contributed by atoms with Gasteiger partial charge in [-0.2, -0.15) is 0 Å². The molecule has 0 aromatic rings. The van der Waals surface area contributed by atoms with Crippen LogP contribution in [0.2, 0.25) is 0 Å². The van der Waals surface area contributed by atoms with Crippen molar-refractivity contribution in [2.75, 3.05) is 19.7 Å². The Hall–Kier alpha value is -0.0800. The van der Waals surface area contributed by atoms with Gasteiger partial charge in [-0.15, -0.1) is 0 Å². The number of nitrogens with one attached hydrogen (secondary N) is 1. The van der Waals surface area contributed by atoms with E-state index in [4.69, 9.17) is 4.74 Å². The average Bonchev–Trinajstić information content (AvgIpc) is 2.35. The largest absolute Gasteiger partial charge is 0.377 e. The molecule has 1 saturated carbocycles. The Labute approximate surface area is 101 Å². The Bertz CT molecular complexity index is 155. The van der Waals surface area contributed by atoms with Crippen LogP contribution in [0, 0.1) is 5.92 Å². The minimum Gasteiger partial charge on any atom is -0.377 e. The van der Waals surface area contributed by atoms with Gasteiger partial charge in [0.2, 0.25) is 0 Å². The molecule has 1 aliphatic carbocycles. The summed E-state index contributed by atoms with van der Waals surface area (Å²) < 4.78 is 6.01. The lowest BCUT2D eigenvalue weighted by Crippen LogP contribution is -2.31. The second-order valence-electron chi connectivity index (χ2n) is 5.07. The smallest absolute Gasteiger partial charge is 0.0696 e.